The molecule has 1 amide bonds. The molecule has 1 unspecified atom stereocenters. The van der Waals surface area contributed by atoms with Gasteiger partial charge in [-0.1, -0.05) is 31.2 Å². The zero-order chi connectivity index (χ0) is 36.0. The van der Waals surface area contributed by atoms with Crippen molar-refractivity contribution in [2.45, 2.75) is 70.6 Å². The summed E-state index contributed by atoms with van der Waals surface area (Å²) in [6.45, 7) is 9.04. The van der Waals surface area contributed by atoms with E-state index in [4.69, 9.17) is 19.4 Å². The Bertz CT molecular complexity index is 2030. The fourth-order valence-corrected chi connectivity index (χ4v) is 7.73. The van der Waals surface area contributed by atoms with Gasteiger partial charge in [0.05, 0.1) is 22.8 Å². The molecular weight excluding hydrogens is 675 g/mol. The molecule has 4 aromatic rings. The predicted molar refractivity (Wildman–Crippen MR) is 191 cm³/mol. The molecule has 0 spiro atoms. The average molecular weight is 720 g/mol. The Balaban J connectivity index is 1.09. The maximum Gasteiger partial charge on any atom is 0.277 e. The molecule has 51 heavy (non-hydrogen) atoms. The van der Waals surface area contributed by atoms with Gasteiger partial charge in [-0.3, -0.25) is 14.5 Å². The van der Waals surface area contributed by atoms with E-state index in [1.165, 1.54) is 22.5 Å². The van der Waals surface area contributed by atoms with Gasteiger partial charge in [0.1, 0.15) is 11.6 Å². The zero-order valence-electron chi connectivity index (χ0n) is 29.3. The summed E-state index contributed by atoms with van der Waals surface area (Å²) >= 11 is 0. The first-order valence-corrected chi connectivity index (χ1v) is 18.9. The first-order valence-electron chi connectivity index (χ1n) is 17.5. The third kappa shape index (κ3) is 8.56. The molecule has 14 nitrogen and oxygen atoms in total. The number of nitrogens with zero attached hydrogens (tertiary/aromatic N) is 5. The van der Waals surface area contributed by atoms with E-state index in [9.17, 15) is 18.0 Å². The second-order valence-corrected chi connectivity index (χ2v) is 14.6. The quantitative estimate of drug-likeness (QED) is 0.154. The summed E-state index contributed by atoms with van der Waals surface area (Å²) in [5.74, 6) is 0.930. The number of H-pyrrole nitrogens is 1. The van der Waals surface area contributed by atoms with E-state index in [0.717, 1.165) is 36.8 Å². The number of aromatic amines is 1. The van der Waals surface area contributed by atoms with Gasteiger partial charge in [0.2, 0.25) is 10.0 Å². The van der Waals surface area contributed by atoms with Crippen LogP contribution in [0.5, 0.6) is 5.75 Å². The highest BCUT2D eigenvalue weighted by Crippen LogP contribution is 2.32. The molecule has 2 aliphatic rings. The van der Waals surface area contributed by atoms with Crippen LogP contribution in [0.15, 0.2) is 58.2 Å². The van der Waals surface area contributed by atoms with Crippen molar-refractivity contribution in [2.75, 3.05) is 39.4 Å². The summed E-state index contributed by atoms with van der Waals surface area (Å²) < 4.78 is 42.1. The van der Waals surface area contributed by atoms with Crippen molar-refractivity contribution in [3.05, 3.63) is 81.5 Å². The van der Waals surface area contributed by atoms with Gasteiger partial charge in [0.25, 0.3) is 11.5 Å². The maximum atomic E-state index is 13.9. The van der Waals surface area contributed by atoms with E-state index in [2.05, 4.69) is 20.3 Å². The lowest BCUT2D eigenvalue weighted by Crippen LogP contribution is -2.48. The summed E-state index contributed by atoms with van der Waals surface area (Å²) in [6.07, 6.45) is 6.97. The van der Waals surface area contributed by atoms with Crippen molar-refractivity contribution < 1.29 is 27.5 Å². The monoisotopic (exact) mass is 719 g/mol. The summed E-state index contributed by atoms with van der Waals surface area (Å²) in [5, 5.41) is 4.69. The fourth-order valence-electron chi connectivity index (χ4n) is 6.28. The van der Waals surface area contributed by atoms with Crippen LogP contribution in [0, 0.1) is 6.92 Å². The van der Waals surface area contributed by atoms with Gasteiger partial charge >= 0.3 is 0 Å². The predicted octanol–water partition coefficient (Wildman–Crippen LogP) is 3.84. The van der Waals surface area contributed by atoms with Gasteiger partial charge < -0.3 is 14.5 Å². The van der Waals surface area contributed by atoms with Crippen LogP contribution in [0.4, 0.5) is 0 Å². The highest BCUT2D eigenvalue weighted by atomic mass is 32.2. The van der Waals surface area contributed by atoms with Gasteiger partial charge in [-0.15, -0.1) is 5.10 Å². The summed E-state index contributed by atoms with van der Waals surface area (Å²) in [5.41, 5.74) is 5.34. The number of fused-ring (bicyclic) bond motifs is 1. The molecule has 0 saturated carbocycles. The van der Waals surface area contributed by atoms with Crippen LogP contribution < -0.4 is 15.8 Å². The second-order valence-electron chi connectivity index (χ2n) is 12.7. The minimum Gasteiger partial charge on any atom is -0.493 e. The molecule has 2 N–H and O–H groups in total. The van der Waals surface area contributed by atoms with Crippen LogP contribution in [0.25, 0.3) is 23.0 Å². The van der Waals surface area contributed by atoms with Gasteiger partial charge in [-0.2, -0.15) is 4.31 Å². The molecular formula is C36H45N7O7S. The number of sulfonamides is 1. The van der Waals surface area contributed by atoms with Crippen molar-refractivity contribution in [1.82, 2.24) is 34.3 Å². The van der Waals surface area contributed by atoms with Crippen LogP contribution in [0.3, 0.4) is 0 Å². The number of aromatic nitrogens is 4. The molecule has 4 heterocycles. The largest absolute Gasteiger partial charge is 0.493 e. The van der Waals surface area contributed by atoms with Gasteiger partial charge in [-0.05, 0) is 68.5 Å². The molecule has 2 saturated heterocycles. The highest BCUT2D eigenvalue weighted by Gasteiger charge is 2.30. The fraction of sp³-hybridized carbons (Fsp3) is 0.444. The van der Waals surface area contributed by atoms with Crippen molar-refractivity contribution in [2.24, 2.45) is 0 Å². The highest BCUT2D eigenvalue weighted by molar-refractivity contribution is 7.89. The lowest BCUT2D eigenvalue weighted by atomic mass is 10.1. The number of imidazole rings is 1. The Labute approximate surface area is 297 Å². The van der Waals surface area contributed by atoms with Gasteiger partial charge in [-0.25, -0.2) is 28.2 Å². The molecule has 0 radical (unpaired) electrons. The Morgan fingerprint density at radius 1 is 1.10 bits per heavy atom. The third-order valence-corrected chi connectivity index (χ3v) is 10.8. The smallest absolute Gasteiger partial charge is 0.277 e. The van der Waals surface area contributed by atoms with Crippen LogP contribution in [-0.4, -0.2) is 88.8 Å². The lowest BCUT2D eigenvalue weighted by Gasteiger charge is -2.34. The number of aryl methyl sites for hydroxylation is 2. The molecule has 0 aliphatic carbocycles. The number of hydrogen-bond donors (Lipinski definition) is 2. The number of nitrogens with one attached hydrogen (secondary N) is 2. The molecule has 2 fully saturated rings. The second kappa shape index (κ2) is 16.3. The molecule has 2 aromatic heterocycles. The number of carbonyl (C=O) groups is 1. The van der Waals surface area contributed by atoms with Crippen molar-refractivity contribution in [1.29, 1.82) is 0 Å². The average Bonchev–Trinajstić information content (AvgIpc) is 3.46. The normalized spacial score (nSPS) is 17.7. The lowest BCUT2D eigenvalue weighted by molar-refractivity contribution is -0.198. The van der Waals surface area contributed by atoms with Crippen molar-refractivity contribution >= 4 is 27.5 Å². The number of hydroxylamine groups is 1. The standard InChI is InChI=1S/C36H45N7O7S/c1-4-8-31-37-25(3)34-36(45)38-35(39-43(31)34)29-23-28(15-16-30(29)48-5-2)51(46,47)42-20-18-41(19-21-42)24-27-12-10-26(11-13-27)14-17-32(44)40-50-33-9-6-7-22-49-33/h10-17,23,33H,4-9,18-22,24H2,1-3H3,(H,40,44)(H,38,39,45). The molecule has 6 rings (SSSR count). The first-order chi connectivity index (χ1) is 24.7. The van der Waals surface area contributed by atoms with Crippen LogP contribution in [0.1, 0.15) is 62.2 Å². The SMILES string of the molecule is CCCc1nc(C)c2c(=O)[nH]c(-c3cc(S(=O)(=O)N4CCN(Cc5ccc(C=CC(=O)NOC6CCCCO6)cc5)CC4)ccc3OCC)nn12. The molecule has 1 atom stereocenters. The van der Waals surface area contributed by atoms with Crippen molar-refractivity contribution in [3.63, 3.8) is 0 Å². The summed E-state index contributed by atoms with van der Waals surface area (Å²) in [4.78, 5) is 40.3. The minimum absolute atomic E-state index is 0.0962. The number of piperazine rings is 1. The molecule has 2 aromatic carbocycles. The van der Waals surface area contributed by atoms with Crippen LogP contribution in [-0.2, 0) is 37.4 Å². The maximum absolute atomic E-state index is 13.9. The molecule has 272 valence electrons. The minimum atomic E-state index is -3.86. The first kappa shape index (κ1) is 36.4. The number of benzene rings is 2. The Hall–Kier alpha value is -4.41. The summed E-state index contributed by atoms with van der Waals surface area (Å²) in [6, 6.07) is 12.6. The number of hydrogen-bond acceptors (Lipinski definition) is 10. The zero-order valence-corrected chi connectivity index (χ0v) is 30.1. The summed E-state index contributed by atoms with van der Waals surface area (Å²) in [7, 11) is -3.86. The number of ether oxygens (including phenoxy) is 2. The Morgan fingerprint density at radius 2 is 1.88 bits per heavy atom. The number of carbonyl (C=O) groups excluding carboxylic acids is 1. The van der Waals surface area contributed by atoms with E-state index in [1.54, 1.807) is 23.6 Å². The van der Waals surface area contributed by atoms with Crippen LogP contribution >= 0.6 is 0 Å². The number of rotatable bonds is 13. The molecule has 2 aliphatic heterocycles. The Morgan fingerprint density at radius 3 is 2.59 bits per heavy atom. The third-order valence-electron chi connectivity index (χ3n) is 8.93. The molecule has 15 heteroatoms. The van der Waals surface area contributed by atoms with E-state index in [0.29, 0.717) is 80.7 Å². The number of amides is 1. The van der Waals surface area contributed by atoms with Crippen molar-refractivity contribution in [3.8, 4) is 17.1 Å². The van der Waals surface area contributed by atoms with Gasteiger partial charge in [0, 0.05) is 58.2 Å². The van der Waals surface area contributed by atoms with E-state index >= 15 is 0 Å². The topological polar surface area (TPSA) is 160 Å². The molecule has 0 bridgehead atoms. The van der Waals surface area contributed by atoms with Gasteiger partial charge in [0.15, 0.2) is 17.6 Å². The van der Waals surface area contributed by atoms with E-state index in [1.807, 2.05) is 38.1 Å². The van der Waals surface area contributed by atoms with E-state index in [-0.39, 0.29) is 22.2 Å². The Kier molecular flexibility index (Phi) is 11.6. The van der Waals surface area contributed by atoms with Crippen LogP contribution in [0.2, 0.25) is 0 Å². The van der Waals surface area contributed by atoms with E-state index < -0.39 is 16.3 Å².